The highest BCUT2D eigenvalue weighted by Gasteiger charge is 2.46. The quantitative estimate of drug-likeness (QED) is 0.462. The van der Waals surface area contributed by atoms with Crippen molar-refractivity contribution in [1.29, 1.82) is 0 Å². The SMILES string of the molecule is O=C(NO)OC1C2CCCCC2CCN1S(=O)(=O)c1ccc2oc3ccccc3c2c1. The van der Waals surface area contributed by atoms with E-state index < -0.39 is 22.3 Å². The predicted octanol–water partition coefficient (Wildman–Crippen LogP) is 4.23. The van der Waals surface area contributed by atoms with Crippen molar-refractivity contribution in [2.24, 2.45) is 11.8 Å². The molecule has 1 aliphatic heterocycles. The Hall–Kier alpha value is -2.62. The Morgan fingerprint density at radius 2 is 1.84 bits per heavy atom. The van der Waals surface area contributed by atoms with E-state index in [1.165, 1.54) is 15.9 Å². The van der Waals surface area contributed by atoms with Crippen molar-refractivity contribution in [2.45, 2.75) is 43.2 Å². The highest BCUT2D eigenvalue weighted by Crippen LogP contribution is 2.42. The predicted molar refractivity (Wildman–Crippen MR) is 113 cm³/mol. The summed E-state index contributed by atoms with van der Waals surface area (Å²) in [4.78, 5) is 12.0. The van der Waals surface area contributed by atoms with Gasteiger partial charge in [0.15, 0.2) is 6.23 Å². The molecule has 1 aliphatic carbocycles. The molecule has 5 rings (SSSR count). The van der Waals surface area contributed by atoms with Gasteiger partial charge in [-0.05, 0) is 49.4 Å². The number of benzene rings is 2. The fourth-order valence-electron chi connectivity index (χ4n) is 5.14. The van der Waals surface area contributed by atoms with Crippen LogP contribution in [-0.2, 0) is 14.8 Å². The lowest BCUT2D eigenvalue weighted by Crippen LogP contribution is -2.54. The van der Waals surface area contributed by atoms with Gasteiger partial charge in [-0.15, -0.1) is 0 Å². The second kappa shape index (κ2) is 7.81. The smallest absolute Gasteiger partial charge is 0.432 e. The molecule has 164 valence electrons. The van der Waals surface area contributed by atoms with E-state index >= 15 is 0 Å². The first-order valence-electron chi connectivity index (χ1n) is 10.5. The van der Waals surface area contributed by atoms with E-state index in [2.05, 4.69) is 0 Å². The fourth-order valence-corrected chi connectivity index (χ4v) is 6.74. The molecule has 0 bridgehead atoms. The lowest BCUT2D eigenvalue weighted by molar-refractivity contribution is -0.0756. The zero-order valence-electron chi connectivity index (χ0n) is 16.9. The van der Waals surface area contributed by atoms with Crippen LogP contribution in [0.5, 0.6) is 0 Å². The maximum Gasteiger partial charge on any atom is 0.432 e. The Morgan fingerprint density at radius 1 is 1.06 bits per heavy atom. The molecule has 3 atom stereocenters. The maximum absolute atomic E-state index is 13.7. The number of piperidine rings is 1. The van der Waals surface area contributed by atoms with Gasteiger partial charge in [0.1, 0.15) is 11.2 Å². The monoisotopic (exact) mass is 444 g/mol. The van der Waals surface area contributed by atoms with Gasteiger partial charge in [0, 0.05) is 23.2 Å². The van der Waals surface area contributed by atoms with Crippen LogP contribution in [0.1, 0.15) is 32.1 Å². The number of ether oxygens (including phenoxy) is 1. The number of nitrogens with one attached hydrogen (secondary N) is 1. The number of furan rings is 1. The summed E-state index contributed by atoms with van der Waals surface area (Å²) in [7, 11) is -3.95. The summed E-state index contributed by atoms with van der Waals surface area (Å²) in [6.45, 7) is 0.261. The van der Waals surface area contributed by atoms with Crippen molar-refractivity contribution in [3.8, 4) is 0 Å². The van der Waals surface area contributed by atoms with Gasteiger partial charge in [-0.2, -0.15) is 4.31 Å². The average Bonchev–Trinajstić information content (AvgIpc) is 3.17. The molecule has 2 heterocycles. The molecule has 1 amide bonds. The van der Waals surface area contributed by atoms with E-state index in [0.29, 0.717) is 17.1 Å². The van der Waals surface area contributed by atoms with Gasteiger partial charge < -0.3 is 9.15 Å². The molecule has 31 heavy (non-hydrogen) atoms. The van der Waals surface area contributed by atoms with Gasteiger partial charge in [0.2, 0.25) is 10.0 Å². The fraction of sp³-hybridized carbons (Fsp3) is 0.409. The summed E-state index contributed by atoms with van der Waals surface area (Å²) in [6, 6.07) is 12.3. The molecule has 8 nitrogen and oxygen atoms in total. The highest BCUT2D eigenvalue weighted by molar-refractivity contribution is 7.89. The van der Waals surface area contributed by atoms with Crippen LogP contribution in [0, 0.1) is 11.8 Å². The lowest BCUT2D eigenvalue weighted by atomic mass is 9.74. The molecule has 1 aromatic heterocycles. The van der Waals surface area contributed by atoms with Crippen molar-refractivity contribution in [2.75, 3.05) is 6.54 Å². The van der Waals surface area contributed by atoms with Gasteiger partial charge in [-0.3, -0.25) is 5.21 Å². The zero-order chi connectivity index (χ0) is 21.6. The average molecular weight is 445 g/mol. The number of carbonyl (C=O) groups excluding carboxylic acids is 1. The number of hydrogen-bond donors (Lipinski definition) is 2. The minimum atomic E-state index is -3.95. The second-order valence-electron chi connectivity index (χ2n) is 8.28. The van der Waals surface area contributed by atoms with Crippen LogP contribution in [0.4, 0.5) is 4.79 Å². The highest BCUT2D eigenvalue weighted by atomic mass is 32.2. The zero-order valence-corrected chi connectivity index (χ0v) is 17.7. The molecule has 2 aromatic carbocycles. The Bertz CT molecular complexity index is 1240. The maximum atomic E-state index is 13.7. The largest absolute Gasteiger partial charge is 0.456 e. The number of sulfonamides is 1. The molecular formula is C22H24N2O6S. The van der Waals surface area contributed by atoms with Gasteiger partial charge in [0.05, 0.1) is 4.90 Å². The van der Waals surface area contributed by atoms with E-state index in [-0.39, 0.29) is 17.4 Å². The third-order valence-corrected chi connectivity index (χ3v) is 8.47. The van der Waals surface area contributed by atoms with Gasteiger partial charge in [0.25, 0.3) is 0 Å². The first-order chi connectivity index (χ1) is 15.0. The molecule has 3 aromatic rings. The summed E-state index contributed by atoms with van der Waals surface area (Å²) < 4.78 is 39.8. The van der Waals surface area contributed by atoms with Crippen LogP contribution in [0.25, 0.3) is 21.9 Å². The number of nitrogens with zero attached hydrogens (tertiary/aromatic N) is 1. The Morgan fingerprint density at radius 3 is 2.68 bits per heavy atom. The van der Waals surface area contributed by atoms with Crippen molar-refractivity contribution in [1.82, 2.24) is 9.79 Å². The van der Waals surface area contributed by atoms with E-state index in [0.717, 1.165) is 42.9 Å². The number of fused-ring (bicyclic) bond motifs is 4. The van der Waals surface area contributed by atoms with Crippen LogP contribution in [0.15, 0.2) is 51.8 Å². The topological polar surface area (TPSA) is 109 Å². The lowest BCUT2D eigenvalue weighted by Gasteiger charge is -2.45. The van der Waals surface area contributed by atoms with Crippen molar-refractivity contribution in [3.63, 3.8) is 0 Å². The molecular weight excluding hydrogens is 420 g/mol. The number of hydrogen-bond acceptors (Lipinski definition) is 6. The van der Waals surface area contributed by atoms with Gasteiger partial charge in [-0.1, -0.05) is 31.0 Å². The summed E-state index contributed by atoms with van der Waals surface area (Å²) >= 11 is 0. The van der Waals surface area contributed by atoms with Crippen molar-refractivity contribution in [3.05, 3.63) is 42.5 Å². The molecule has 2 aliphatic rings. The third kappa shape index (κ3) is 3.46. The number of carbonyl (C=O) groups is 1. The molecule has 9 heteroatoms. The van der Waals surface area contributed by atoms with Crippen LogP contribution in [0.3, 0.4) is 0 Å². The molecule has 3 unspecified atom stereocenters. The molecule has 0 radical (unpaired) electrons. The Labute approximate surface area is 179 Å². The number of hydroxylamine groups is 1. The standard InChI is InChI=1S/C22H24N2O6S/c25-22(23-26)30-21-16-6-2-1-5-14(16)11-12-24(21)31(27,28)15-9-10-20-18(13-15)17-7-3-4-8-19(17)29-20/h3-4,7-10,13-14,16,21,26H,1-2,5-6,11-12H2,(H,23,25). The first-order valence-corrected chi connectivity index (χ1v) is 12.0. The minimum absolute atomic E-state index is 0.0898. The van der Waals surface area contributed by atoms with Gasteiger partial charge in [-0.25, -0.2) is 18.7 Å². The summed E-state index contributed by atoms with van der Waals surface area (Å²) in [5.74, 6) is 0.213. The van der Waals surface area contributed by atoms with Crippen LogP contribution in [0.2, 0.25) is 0 Å². The number of rotatable bonds is 3. The van der Waals surface area contributed by atoms with E-state index in [1.54, 1.807) is 12.1 Å². The van der Waals surface area contributed by atoms with Crippen molar-refractivity contribution < 1.29 is 27.6 Å². The molecule has 2 N–H and O–H groups in total. The Balaban J connectivity index is 1.56. The van der Waals surface area contributed by atoms with Crippen molar-refractivity contribution >= 4 is 38.1 Å². The second-order valence-corrected chi connectivity index (χ2v) is 10.2. The van der Waals surface area contributed by atoms with E-state index in [9.17, 15) is 13.2 Å². The first kappa shape index (κ1) is 20.3. The molecule has 1 saturated carbocycles. The number of amides is 1. The third-order valence-electron chi connectivity index (χ3n) is 6.61. The Kier molecular flexibility index (Phi) is 5.11. The summed E-state index contributed by atoms with van der Waals surface area (Å²) in [5.41, 5.74) is 2.77. The molecule has 2 fully saturated rings. The minimum Gasteiger partial charge on any atom is -0.456 e. The summed E-state index contributed by atoms with van der Waals surface area (Å²) in [5, 5.41) is 10.5. The van der Waals surface area contributed by atoms with E-state index in [4.69, 9.17) is 14.4 Å². The van der Waals surface area contributed by atoms with Crippen LogP contribution >= 0.6 is 0 Å². The summed E-state index contributed by atoms with van der Waals surface area (Å²) in [6.07, 6.45) is 2.55. The van der Waals surface area contributed by atoms with E-state index in [1.807, 2.05) is 24.3 Å². The van der Waals surface area contributed by atoms with Crippen LogP contribution in [-0.4, -0.2) is 36.8 Å². The normalized spacial score (nSPS) is 24.7. The molecule has 1 saturated heterocycles. The van der Waals surface area contributed by atoms with Crippen LogP contribution < -0.4 is 5.48 Å². The van der Waals surface area contributed by atoms with Gasteiger partial charge >= 0.3 is 6.09 Å². The molecule has 0 spiro atoms. The number of para-hydroxylation sites is 1.